The molecule has 0 unspecified atom stereocenters. The Hall–Kier alpha value is -3.51. The summed E-state index contributed by atoms with van der Waals surface area (Å²) in [6, 6.07) is 19.1. The van der Waals surface area contributed by atoms with E-state index in [0.717, 1.165) is 46.9 Å². The maximum absolute atomic E-state index is 13.1. The number of pyridine rings is 2. The van der Waals surface area contributed by atoms with Crippen LogP contribution in [-0.4, -0.2) is 15.9 Å². The van der Waals surface area contributed by atoms with Crippen LogP contribution in [0.1, 0.15) is 56.5 Å². The van der Waals surface area contributed by atoms with Crippen molar-refractivity contribution in [2.45, 2.75) is 38.6 Å². The van der Waals surface area contributed by atoms with E-state index in [1.807, 2.05) is 73.1 Å². The molecule has 3 heterocycles. The molecule has 4 aromatic rings. The van der Waals surface area contributed by atoms with Crippen LogP contribution in [0.5, 0.6) is 0 Å². The van der Waals surface area contributed by atoms with Gasteiger partial charge in [0.15, 0.2) is 0 Å². The van der Waals surface area contributed by atoms with Crippen LogP contribution in [-0.2, 0) is 12.8 Å². The molecule has 2 N–H and O–H groups in total. The van der Waals surface area contributed by atoms with E-state index in [0.29, 0.717) is 5.56 Å². The van der Waals surface area contributed by atoms with Crippen molar-refractivity contribution in [1.29, 1.82) is 0 Å². The number of aryl methyl sites for hydroxylation is 2. The fourth-order valence-electron chi connectivity index (χ4n) is 4.36. The molecule has 5 nitrogen and oxygen atoms in total. The smallest absolute Gasteiger partial charge is 0.256 e. The number of hydrogen-bond acceptors (Lipinski definition) is 5. The highest BCUT2D eigenvalue weighted by Crippen LogP contribution is 2.44. The quantitative estimate of drug-likeness (QED) is 0.365. The molecule has 1 aliphatic rings. The van der Waals surface area contributed by atoms with Gasteiger partial charge in [-0.1, -0.05) is 24.3 Å². The van der Waals surface area contributed by atoms with Crippen molar-refractivity contribution >= 4 is 28.1 Å². The molecule has 0 aliphatic heterocycles. The lowest BCUT2D eigenvalue weighted by Crippen LogP contribution is -2.19. The third kappa shape index (κ3) is 4.66. The number of carbonyl (C=O) groups excluding carboxylic acids is 1. The molecule has 33 heavy (non-hydrogen) atoms. The van der Waals surface area contributed by atoms with Crippen LogP contribution in [0.15, 0.2) is 73.1 Å². The Morgan fingerprint density at radius 1 is 0.970 bits per heavy atom. The van der Waals surface area contributed by atoms with Gasteiger partial charge in [0.05, 0.1) is 11.7 Å². The molecule has 3 aromatic heterocycles. The highest BCUT2D eigenvalue weighted by Gasteiger charge is 2.29. The third-order valence-electron chi connectivity index (χ3n) is 5.96. The minimum absolute atomic E-state index is 0.0936. The van der Waals surface area contributed by atoms with Gasteiger partial charge >= 0.3 is 0 Å². The van der Waals surface area contributed by atoms with Crippen LogP contribution in [0.3, 0.4) is 0 Å². The molecule has 1 aromatic carbocycles. The van der Waals surface area contributed by atoms with Gasteiger partial charge in [0.2, 0.25) is 0 Å². The summed E-state index contributed by atoms with van der Waals surface area (Å²) in [4.78, 5) is 23.7. The number of fused-ring (bicyclic) bond motifs is 1. The zero-order valence-corrected chi connectivity index (χ0v) is 19.4. The van der Waals surface area contributed by atoms with E-state index in [1.165, 1.54) is 16.9 Å². The van der Waals surface area contributed by atoms with E-state index >= 15 is 0 Å². The van der Waals surface area contributed by atoms with Crippen LogP contribution < -0.4 is 10.6 Å². The predicted octanol–water partition coefficient (Wildman–Crippen LogP) is 6.18. The van der Waals surface area contributed by atoms with Gasteiger partial charge in [-0.3, -0.25) is 9.78 Å². The number of hydrogen-bond donors (Lipinski definition) is 2. The first kappa shape index (κ1) is 21.3. The summed E-state index contributed by atoms with van der Waals surface area (Å²) in [7, 11) is 0. The van der Waals surface area contributed by atoms with Crippen molar-refractivity contribution in [2.24, 2.45) is 0 Å². The van der Waals surface area contributed by atoms with Gasteiger partial charge in [-0.25, -0.2) is 4.98 Å². The van der Waals surface area contributed by atoms with E-state index < -0.39 is 0 Å². The van der Waals surface area contributed by atoms with Crippen molar-refractivity contribution in [3.05, 3.63) is 106 Å². The van der Waals surface area contributed by atoms with E-state index in [1.54, 1.807) is 11.3 Å². The van der Waals surface area contributed by atoms with Crippen LogP contribution >= 0.6 is 11.3 Å². The second-order valence-electron chi connectivity index (χ2n) is 8.32. The zero-order valence-electron chi connectivity index (χ0n) is 18.5. The van der Waals surface area contributed by atoms with E-state index in [-0.39, 0.29) is 11.9 Å². The summed E-state index contributed by atoms with van der Waals surface area (Å²) in [5.74, 6) is 0.700. The molecular formula is C27H26N4OS. The highest BCUT2D eigenvalue weighted by molar-refractivity contribution is 7.16. The summed E-state index contributed by atoms with van der Waals surface area (Å²) in [5, 5.41) is 7.74. The molecule has 0 saturated heterocycles. The number of nitrogens with one attached hydrogen (secondary N) is 2. The van der Waals surface area contributed by atoms with Crippen molar-refractivity contribution in [1.82, 2.24) is 9.97 Å². The molecule has 0 bridgehead atoms. The van der Waals surface area contributed by atoms with Crippen molar-refractivity contribution in [2.75, 3.05) is 10.6 Å². The van der Waals surface area contributed by atoms with Crippen LogP contribution in [0.25, 0.3) is 0 Å². The lowest BCUT2D eigenvalue weighted by molar-refractivity contribution is 0.102. The Balaban J connectivity index is 1.60. The standard InChI is InChI=1S/C27H26N4OS/c1-18-14-16-29-23(17-18)30-25(21-12-7-8-15-28-21)24-20-11-5-6-13-22(20)33-27(24)31-26(32)19-9-3-2-4-10-19/h2-4,7-10,12,14-17,25H,5-6,11,13H2,1H3,(H,29,30)(H,31,32)/t25-/m1/s1. The molecule has 5 rings (SSSR count). The first-order valence-corrected chi connectivity index (χ1v) is 12.1. The summed E-state index contributed by atoms with van der Waals surface area (Å²) < 4.78 is 0. The lowest BCUT2D eigenvalue weighted by Gasteiger charge is -2.23. The summed E-state index contributed by atoms with van der Waals surface area (Å²) in [5.41, 5.74) is 5.14. The van der Waals surface area contributed by atoms with Gasteiger partial charge < -0.3 is 10.6 Å². The SMILES string of the molecule is Cc1ccnc(N[C@H](c2ccccn2)c2c(NC(=O)c3ccccc3)sc3c2CCCC3)c1. The molecule has 0 radical (unpaired) electrons. The first-order chi connectivity index (χ1) is 16.2. The van der Waals surface area contributed by atoms with Crippen molar-refractivity contribution in [3.63, 3.8) is 0 Å². The summed E-state index contributed by atoms with van der Waals surface area (Å²) in [6.45, 7) is 2.06. The number of nitrogens with zero attached hydrogens (tertiary/aromatic N) is 2. The first-order valence-electron chi connectivity index (χ1n) is 11.3. The van der Waals surface area contributed by atoms with Gasteiger partial charge in [0, 0.05) is 28.4 Å². The maximum Gasteiger partial charge on any atom is 0.256 e. The molecule has 0 saturated carbocycles. The van der Waals surface area contributed by atoms with Crippen molar-refractivity contribution < 1.29 is 4.79 Å². The minimum atomic E-state index is -0.218. The number of amides is 1. The molecule has 1 aliphatic carbocycles. The minimum Gasteiger partial charge on any atom is -0.357 e. The molecule has 0 spiro atoms. The number of benzene rings is 1. The second kappa shape index (κ2) is 9.55. The van der Waals surface area contributed by atoms with Gasteiger partial charge in [0.25, 0.3) is 5.91 Å². The van der Waals surface area contributed by atoms with Gasteiger partial charge in [-0.2, -0.15) is 0 Å². The normalized spacial score (nSPS) is 13.7. The van der Waals surface area contributed by atoms with Crippen LogP contribution in [0, 0.1) is 6.92 Å². The fraction of sp³-hybridized carbons (Fsp3) is 0.222. The Labute approximate surface area is 197 Å². The summed E-state index contributed by atoms with van der Waals surface area (Å²) >= 11 is 1.70. The Morgan fingerprint density at radius 2 is 1.79 bits per heavy atom. The average Bonchev–Trinajstić information content (AvgIpc) is 3.21. The number of aromatic nitrogens is 2. The Morgan fingerprint density at radius 3 is 2.58 bits per heavy atom. The fourth-order valence-corrected chi connectivity index (χ4v) is 5.68. The second-order valence-corrected chi connectivity index (χ2v) is 9.43. The zero-order chi connectivity index (χ0) is 22.6. The van der Waals surface area contributed by atoms with Crippen molar-refractivity contribution in [3.8, 4) is 0 Å². The van der Waals surface area contributed by atoms with Crippen LogP contribution in [0.2, 0.25) is 0 Å². The molecule has 1 atom stereocenters. The van der Waals surface area contributed by atoms with Gasteiger partial charge in [0.1, 0.15) is 10.8 Å². The lowest BCUT2D eigenvalue weighted by atomic mass is 9.91. The molecule has 0 fully saturated rings. The van der Waals surface area contributed by atoms with E-state index in [9.17, 15) is 4.79 Å². The largest absolute Gasteiger partial charge is 0.357 e. The average molecular weight is 455 g/mol. The molecule has 166 valence electrons. The molecule has 6 heteroatoms. The van der Waals surface area contributed by atoms with Crippen LogP contribution in [0.4, 0.5) is 10.8 Å². The Kier molecular flexibility index (Phi) is 6.17. The van der Waals surface area contributed by atoms with E-state index in [2.05, 4.69) is 27.5 Å². The number of rotatable bonds is 6. The van der Waals surface area contributed by atoms with E-state index in [4.69, 9.17) is 0 Å². The monoisotopic (exact) mass is 454 g/mol. The number of thiophene rings is 1. The third-order valence-corrected chi connectivity index (χ3v) is 7.18. The number of anilines is 2. The highest BCUT2D eigenvalue weighted by atomic mass is 32.1. The topological polar surface area (TPSA) is 66.9 Å². The predicted molar refractivity (Wildman–Crippen MR) is 134 cm³/mol. The van der Waals surface area contributed by atoms with Gasteiger partial charge in [-0.05, 0) is 80.1 Å². The van der Waals surface area contributed by atoms with Gasteiger partial charge in [-0.15, -0.1) is 11.3 Å². The Bertz CT molecular complexity index is 1250. The summed E-state index contributed by atoms with van der Waals surface area (Å²) in [6.07, 6.45) is 8.02. The molecule has 1 amide bonds. The molecular weight excluding hydrogens is 428 g/mol. The number of carbonyl (C=O) groups is 1. The maximum atomic E-state index is 13.1.